The molecular weight excluding hydrogens is 289 g/mol. The summed E-state index contributed by atoms with van der Waals surface area (Å²) in [6.45, 7) is 0.970. The molecule has 1 N–H and O–H groups in total. The van der Waals surface area contributed by atoms with Gasteiger partial charge in [0.25, 0.3) is 5.91 Å². The number of carbonyl (C=O) groups excluding carboxylic acids is 1. The van der Waals surface area contributed by atoms with Crippen molar-refractivity contribution in [3.05, 3.63) is 47.8 Å². The van der Waals surface area contributed by atoms with Crippen molar-refractivity contribution >= 4 is 11.6 Å². The Bertz CT molecular complexity index is 717. The SMILES string of the molecule is COc1ccc(C(=O)Nc2ccc3c(c2)OCCO3)cc1F. The third-order valence-corrected chi connectivity index (χ3v) is 3.21. The fourth-order valence-corrected chi connectivity index (χ4v) is 2.13. The molecule has 6 heteroatoms. The number of fused-ring (bicyclic) bond motifs is 1. The molecule has 0 unspecified atom stereocenters. The van der Waals surface area contributed by atoms with E-state index in [9.17, 15) is 9.18 Å². The number of nitrogens with one attached hydrogen (secondary N) is 1. The van der Waals surface area contributed by atoms with Crippen LogP contribution >= 0.6 is 0 Å². The zero-order chi connectivity index (χ0) is 15.5. The van der Waals surface area contributed by atoms with Crippen LogP contribution in [0.2, 0.25) is 0 Å². The van der Waals surface area contributed by atoms with Gasteiger partial charge in [-0.25, -0.2) is 4.39 Å². The van der Waals surface area contributed by atoms with Crippen LogP contribution in [0.15, 0.2) is 36.4 Å². The zero-order valence-corrected chi connectivity index (χ0v) is 11.9. The number of hydrogen-bond donors (Lipinski definition) is 1. The predicted molar refractivity (Wildman–Crippen MR) is 78.3 cm³/mol. The fourth-order valence-electron chi connectivity index (χ4n) is 2.13. The van der Waals surface area contributed by atoms with Gasteiger partial charge in [0.2, 0.25) is 0 Å². The second kappa shape index (κ2) is 5.93. The summed E-state index contributed by atoms with van der Waals surface area (Å²) in [6, 6.07) is 9.13. The minimum Gasteiger partial charge on any atom is -0.494 e. The summed E-state index contributed by atoms with van der Waals surface area (Å²) in [5.74, 6) is 0.302. The first-order valence-electron chi connectivity index (χ1n) is 6.72. The number of benzene rings is 2. The molecule has 5 nitrogen and oxygen atoms in total. The summed E-state index contributed by atoms with van der Waals surface area (Å²) in [7, 11) is 1.37. The van der Waals surface area contributed by atoms with Crippen molar-refractivity contribution in [2.75, 3.05) is 25.6 Å². The summed E-state index contributed by atoms with van der Waals surface area (Å²) < 4.78 is 29.3. The summed E-state index contributed by atoms with van der Waals surface area (Å²) in [5.41, 5.74) is 0.749. The Hall–Kier alpha value is -2.76. The largest absolute Gasteiger partial charge is 0.494 e. The Morgan fingerprint density at radius 2 is 1.91 bits per heavy atom. The van der Waals surface area contributed by atoms with Gasteiger partial charge in [-0.2, -0.15) is 0 Å². The minimum atomic E-state index is -0.586. The number of ether oxygens (including phenoxy) is 3. The first-order valence-corrected chi connectivity index (χ1v) is 6.72. The number of anilines is 1. The van der Waals surface area contributed by atoms with E-state index in [4.69, 9.17) is 14.2 Å². The van der Waals surface area contributed by atoms with Gasteiger partial charge in [-0.05, 0) is 30.3 Å². The first-order chi connectivity index (χ1) is 10.7. The van der Waals surface area contributed by atoms with Crippen molar-refractivity contribution in [2.24, 2.45) is 0 Å². The molecule has 2 aromatic rings. The van der Waals surface area contributed by atoms with Gasteiger partial charge in [0.15, 0.2) is 23.1 Å². The van der Waals surface area contributed by atoms with Gasteiger partial charge in [-0.1, -0.05) is 0 Å². The standard InChI is InChI=1S/C16H14FNO4/c1-20-13-4-2-10(8-12(13)17)16(19)18-11-3-5-14-15(9-11)22-7-6-21-14/h2-5,8-9H,6-7H2,1H3,(H,18,19). The normalized spacial score (nSPS) is 12.6. The number of carbonyl (C=O) groups is 1. The molecule has 0 radical (unpaired) electrons. The highest BCUT2D eigenvalue weighted by molar-refractivity contribution is 6.04. The summed E-state index contributed by atoms with van der Waals surface area (Å²) in [4.78, 5) is 12.1. The maximum atomic E-state index is 13.6. The van der Waals surface area contributed by atoms with Crippen LogP contribution in [-0.4, -0.2) is 26.2 Å². The van der Waals surface area contributed by atoms with E-state index in [1.54, 1.807) is 18.2 Å². The zero-order valence-electron chi connectivity index (χ0n) is 11.9. The molecule has 0 atom stereocenters. The maximum Gasteiger partial charge on any atom is 0.255 e. The third-order valence-electron chi connectivity index (χ3n) is 3.21. The summed E-state index contributed by atoms with van der Waals surface area (Å²) in [6.07, 6.45) is 0. The number of rotatable bonds is 3. The minimum absolute atomic E-state index is 0.0934. The lowest BCUT2D eigenvalue weighted by Crippen LogP contribution is -2.16. The Kier molecular flexibility index (Phi) is 3.82. The third kappa shape index (κ3) is 2.81. The maximum absolute atomic E-state index is 13.6. The molecule has 0 aromatic heterocycles. The van der Waals surface area contributed by atoms with Crippen LogP contribution < -0.4 is 19.5 Å². The van der Waals surface area contributed by atoms with E-state index < -0.39 is 11.7 Å². The molecule has 0 bridgehead atoms. The molecule has 114 valence electrons. The van der Waals surface area contributed by atoms with Crippen LogP contribution in [0.1, 0.15) is 10.4 Å². The van der Waals surface area contributed by atoms with E-state index in [-0.39, 0.29) is 11.3 Å². The van der Waals surface area contributed by atoms with E-state index in [1.807, 2.05) is 0 Å². The monoisotopic (exact) mass is 303 g/mol. The molecule has 1 aliphatic rings. The van der Waals surface area contributed by atoms with E-state index in [0.29, 0.717) is 30.4 Å². The van der Waals surface area contributed by atoms with E-state index in [1.165, 1.54) is 19.2 Å². The number of halogens is 1. The van der Waals surface area contributed by atoms with Gasteiger partial charge in [0.05, 0.1) is 7.11 Å². The number of amides is 1. The molecule has 0 spiro atoms. The van der Waals surface area contributed by atoms with Crippen molar-refractivity contribution in [1.82, 2.24) is 0 Å². The molecule has 22 heavy (non-hydrogen) atoms. The molecule has 0 saturated carbocycles. The highest BCUT2D eigenvalue weighted by Crippen LogP contribution is 2.32. The van der Waals surface area contributed by atoms with Crippen molar-refractivity contribution in [1.29, 1.82) is 0 Å². The van der Waals surface area contributed by atoms with E-state index in [2.05, 4.69) is 5.32 Å². The first kappa shape index (κ1) is 14.2. The topological polar surface area (TPSA) is 56.8 Å². The van der Waals surface area contributed by atoms with Crippen LogP contribution in [0.5, 0.6) is 17.2 Å². The highest BCUT2D eigenvalue weighted by Gasteiger charge is 2.14. The summed E-state index contributed by atoms with van der Waals surface area (Å²) >= 11 is 0. The lowest BCUT2D eigenvalue weighted by atomic mass is 10.2. The van der Waals surface area contributed by atoms with Crippen LogP contribution in [0.3, 0.4) is 0 Å². The van der Waals surface area contributed by atoms with Gasteiger partial charge >= 0.3 is 0 Å². The molecule has 0 aliphatic carbocycles. The van der Waals surface area contributed by atoms with Crippen molar-refractivity contribution in [3.63, 3.8) is 0 Å². The second-order valence-electron chi connectivity index (χ2n) is 4.66. The van der Waals surface area contributed by atoms with Gasteiger partial charge < -0.3 is 19.5 Å². The smallest absolute Gasteiger partial charge is 0.255 e. The lowest BCUT2D eigenvalue weighted by molar-refractivity contribution is 0.102. The fraction of sp³-hybridized carbons (Fsp3) is 0.188. The second-order valence-corrected chi connectivity index (χ2v) is 4.66. The van der Waals surface area contributed by atoms with E-state index in [0.717, 1.165) is 6.07 Å². The number of hydrogen-bond acceptors (Lipinski definition) is 4. The van der Waals surface area contributed by atoms with Gasteiger partial charge in [-0.3, -0.25) is 4.79 Å². The number of methoxy groups -OCH3 is 1. The van der Waals surface area contributed by atoms with Crippen molar-refractivity contribution in [3.8, 4) is 17.2 Å². The Morgan fingerprint density at radius 3 is 2.64 bits per heavy atom. The average molecular weight is 303 g/mol. The van der Waals surface area contributed by atoms with Crippen LogP contribution in [-0.2, 0) is 0 Å². The average Bonchev–Trinajstić information content (AvgIpc) is 2.54. The molecule has 0 fully saturated rings. The molecule has 1 aliphatic heterocycles. The van der Waals surface area contributed by atoms with Gasteiger partial charge in [0, 0.05) is 17.3 Å². The summed E-state index contributed by atoms with van der Waals surface area (Å²) in [5, 5.41) is 2.69. The van der Waals surface area contributed by atoms with Gasteiger partial charge in [0.1, 0.15) is 13.2 Å². The molecule has 1 amide bonds. The Morgan fingerprint density at radius 1 is 1.14 bits per heavy atom. The predicted octanol–water partition coefficient (Wildman–Crippen LogP) is 2.86. The highest BCUT2D eigenvalue weighted by atomic mass is 19.1. The molecule has 0 saturated heterocycles. The molecular formula is C16H14FNO4. The Balaban J connectivity index is 1.78. The quantitative estimate of drug-likeness (QED) is 0.947. The molecule has 3 rings (SSSR count). The van der Waals surface area contributed by atoms with E-state index >= 15 is 0 Å². The van der Waals surface area contributed by atoms with Crippen LogP contribution in [0, 0.1) is 5.82 Å². The molecule has 2 aromatic carbocycles. The van der Waals surface area contributed by atoms with Crippen LogP contribution in [0.4, 0.5) is 10.1 Å². The van der Waals surface area contributed by atoms with Gasteiger partial charge in [-0.15, -0.1) is 0 Å². The lowest BCUT2D eigenvalue weighted by Gasteiger charge is -2.19. The molecule has 1 heterocycles. The van der Waals surface area contributed by atoms with Crippen molar-refractivity contribution in [2.45, 2.75) is 0 Å². The Labute approximate surface area is 126 Å². The van der Waals surface area contributed by atoms with Crippen LogP contribution in [0.25, 0.3) is 0 Å². The van der Waals surface area contributed by atoms with Crippen molar-refractivity contribution < 1.29 is 23.4 Å².